The maximum absolute atomic E-state index is 12.6. The molecule has 2 aromatic rings. The molecule has 0 aromatic heterocycles. The highest BCUT2D eigenvalue weighted by atomic mass is 32.2. The molecule has 6 nitrogen and oxygen atoms in total. The van der Waals surface area contributed by atoms with Crippen LogP contribution in [0.4, 0.5) is 0 Å². The number of carbonyl (C=O) groups is 2. The van der Waals surface area contributed by atoms with Gasteiger partial charge in [-0.15, -0.1) is 0 Å². The Labute approximate surface area is 158 Å². The summed E-state index contributed by atoms with van der Waals surface area (Å²) >= 11 is 0. The first-order valence-electron chi connectivity index (χ1n) is 8.75. The van der Waals surface area contributed by atoms with Crippen LogP contribution in [0.1, 0.15) is 28.8 Å². The van der Waals surface area contributed by atoms with Gasteiger partial charge in [0.25, 0.3) is 5.91 Å². The Kier molecular flexibility index (Phi) is 5.60. The highest BCUT2D eigenvalue weighted by Gasteiger charge is 2.27. The van der Waals surface area contributed by atoms with Crippen LogP contribution in [0.25, 0.3) is 0 Å². The van der Waals surface area contributed by atoms with Gasteiger partial charge in [-0.1, -0.05) is 30.3 Å². The predicted molar refractivity (Wildman–Crippen MR) is 100 cm³/mol. The number of carbonyl (C=O) groups excluding carboxylic acids is 1. The Hall–Kier alpha value is -2.67. The van der Waals surface area contributed by atoms with E-state index in [-0.39, 0.29) is 16.6 Å². The number of sulfone groups is 1. The standard InChI is InChI=1S/C20H21NO5S/c22-19(21-12-10-17(11-13-21)20(23)24)16-6-8-18(9-7-16)27(25,26)14-15-4-2-1-3-5-15/h1-9,17H,10-14H2,(H,23,24). The van der Waals surface area contributed by atoms with Crippen molar-refractivity contribution in [2.24, 2.45) is 5.92 Å². The van der Waals surface area contributed by atoms with Crippen molar-refractivity contribution < 1.29 is 23.1 Å². The van der Waals surface area contributed by atoms with Crippen LogP contribution >= 0.6 is 0 Å². The van der Waals surface area contributed by atoms with E-state index in [1.807, 2.05) is 6.07 Å². The Morgan fingerprint density at radius 2 is 1.56 bits per heavy atom. The Balaban J connectivity index is 1.68. The number of rotatable bonds is 5. The molecule has 0 spiro atoms. The number of likely N-dealkylation sites (tertiary alicyclic amines) is 1. The minimum atomic E-state index is -3.49. The fourth-order valence-electron chi connectivity index (χ4n) is 3.19. The van der Waals surface area contributed by atoms with Gasteiger partial charge in [0.15, 0.2) is 9.84 Å². The van der Waals surface area contributed by atoms with Gasteiger partial charge in [-0.05, 0) is 42.7 Å². The zero-order valence-corrected chi connectivity index (χ0v) is 15.6. The molecule has 0 aliphatic carbocycles. The molecule has 2 aromatic carbocycles. The van der Waals surface area contributed by atoms with E-state index in [1.165, 1.54) is 24.3 Å². The van der Waals surface area contributed by atoms with E-state index in [1.54, 1.807) is 29.2 Å². The number of aliphatic carboxylic acids is 1. The van der Waals surface area contributed by atoms with E-state index in [4.69, 9.17) is 5.11 Å². The molecular weight excluding hydrogens is 366 g/mol. The smallest absolute Gasteiger partial charge is 0.306 e. The van der Waals surface area contributed by atoms with Gasteiger partial charge < -0.3 is 10.0 Å². The molecule has 1 N–H and O–H groups in total. The highest BCUT2D eigenvalue weighted by Crippen LogP contribution is 2.21. The molecule has 1 heterocycles. The third-order valence-corrected chi connectivity index (χ3v) is 6.50. The summed E-state index contributed by atoms with van der Waals surface area (Å²) in [6, 6.07) is 14.9. The first-order valence-corrected chi connectivity index (χ1v) is 10.4. The van der Waals surface area contributed by atoms with Gasteiger partial charge in [-0.3, -0.25) is 9.59 Å². The quantitative estimate of drug-likeness (QED) is 0.851. The van der Waals surface area contributed by atoms with Crippen LogP contribution in [0.5, 0.6) is 0 Å². The summed E-state index contributed by atoms with van der Waals surface area (Å²) in [6.45, 7) is 0.785. The van der Waals surface area contributed by atoms with Crippen molar-refractivity contribution in [1.82, 2.24) is 4.90 Å². The van der Waals surface area contributed by atoms with Crippen LogP contribution < -0.4 is 0 Å². The SMILES string of the molecule is O=C(O)C1CCN(C(=O)c2ccc(S(=O)(=O)Cc3ccccc3)cc2)CC1. The predicted octanol–water partition coefficient (Wildman–Crippen LogP) is 2.60. The number of carboxylic acid groups (broad SMARTS) is 1. The molecular formula is C20H21NO5S. The van der Waals surface area contributed by atoms with Gasteiger partial charge in [0.1, 0.15) is 0 Å². The van der Waals surface area contributed by atoms with Gasteiger partial charge in [-0.25, -0.2) is 8.42 Å². The average molecular weight is 387 g/mol. The van der Waals surface area contributed by atoms with Crippen molar-refractivity contribution >= 4 is 21.7 Å². The summed E-state index contributed by atoms with van der Waals surface area (Å²) in [5, 5.41) is 9.03. The lowest BCUT2D eigenvalue weighted by Crippen LogP contribution is -2.40. The topological polar surface area (TPSA) is 91.8 Å². The number of hydrogen-bond acceptors (Lipinski definition) is 4. The molecule has 0 unspecified atom stereocenters. The second-order valence-electron chi connectivity index (χ2n) is 6.67. The van der Waals surface area contributed by atoms with Crippen LogP contribution in [0, 0.1) is 5.92 Å². The average Bonchev–Trinajstić information content (AvgIpc) is 2.68. The molecule has 1 fully saturated rings. The number of hydrogen-bond donors (Lipinski definition) is 1. The van der Waals surface area contributed by atoms with Crippen molar-refractivity contribution in [3.8, 4) is 0 Å². The summed E-state index contributed by atoms with van der Waals surface area (Å²) in [5.41, 5.74) is 1.11. The monoisotopic (exact) mass is 387 g/mol. The van der Waals surface area contributed by atoms with Crippen molar-refractivity contribution in [3.05, 3.63) is 65.7 Å². The van der Waals surface area contributed by atoms with Gasteiger partial charge in [0.05, 0.1) is 16.6 Å². The zero-order chi connectivity index (χ0) is 19.4. The molecule has 1 aliphatic heterocycles. The molecule has 142 valence electrons. The number of carboxylic acids is 1. The van der Waals surface area contributed by atoms with Crippen molar-refractivity contribution in [2.45, 2.75) is 23.5 Å². The van der Waals surface area contributed by atoms with Gasteiger partial charge in [-0.2, -0.15) is 0 Å². The van der Waals surface area contributed by atoms with E-state index in [0.717, 1.165) is 0 Å². The third-order valence-electron chi connectivity index (χ3n) is 4.79. The number of nitrogens with zero attached hydrogens (tertiary/aromatic N) is 1. The van der Waals surface area contributed by atoms with Crippen molar-refractivity contribution in [2.75, 3.05) is 13.1 Å². The van der Waals surface area contributed by atoms with Gasteiger partial charge in [0, 0.05) is 18.7 Å². The fourth-order valence-corrected chi connectivity index (χ4v) is 4.54. The Morgan fingerprint density at radius 1 is 0.963 bits per heavy atom. The largest absolute Gasteiger partial charge is 0.481 e. The van der Waals surface area contributed by atoms with Gasteiger partial charge in [0.2, 0.25) is 0 Å². The first kappa shape index (κ1) is 19.1. The molecule has 27 heavy (non-hydrogen) atoms. The minimum Gasteiger partial charge on any atom is -0.481 e. The highest BCUT2D eigenvalue weighted by molar-refractivity contribution is 7.90. The van der Waals surface area contributed by atoms with E-state index < -0.39 is 21.7 Å². The van der Waals surface area contributed by atoms with Crippen molar-refractivity contribution in [3.63, 3.8) is 0 Å². The van der Waals surface area contributed by atoms with E-state index in [0.29, 0.717) is 37.1 Å². The Bertz CT molecular complexity index is 915. The number of piperidine rings is 1. The summed E-state index contributed by atoms with van der Waals surface area (Å²) in [5.74, 6) is -1.52. The molecule has 1 amide bonds. The molecule has 0 atom stereocenters. The summed E-state index contributed by atoms with van der Waals surface area (Å²) in [7, 11) is -3.49. The molecule has 3 rings (SSSR count). The second-order valence-corrected chi connectivity index (χ2v) is 8.66. The summed E-state index contributed by atoms with van der Waals surface area (Å²) < 4.78 is 25.1. The molecule has 1 saturated heterocycles. The van der Waals surface area contributed by atoms with Crippen LogP contribution in [-0.4, -0.2) is 43.4 Å². The van der Waals surface area contributed by atoms with Crippen LogP contribution in [0.2, 0.25) is 0 Å². The maximum atomic E-state index is 12.6. The summed E-state index contributed by atoms with van der Waals surface area (Å²) in [4.78, 5) is 25.4. The number of benzene rings is 2. The van der Waals surface area contributed by atoms with Crippen LogP contribution in [0.15, 0.2) is 59.5 Å². The third kappa shape index (κ3) is 4.54. The minimum absolute atomic E-state index is 0.0934. The lowest BCUT2D eigenvalue weighted by molar-refractivity contribution is -0.143. The van der Waals surface area contributed by atoms with Crippen LogP contribution in [-0.2, 0) is 20.4 Å². The van der Waals surface area contributed by atoms with E-state index in [2.05, 4.69) is 0 Å². The fraction of sp³-hybridized carbons (Fsp3) is 0.300. The number of amides is 1. The molecule has 0 radical (unpaired) electrons. The lowest BCUT2D eigenvalue weighted by Gasteiger charge is -2.30. The van der Waals surface area contributed by atoms with E-state index >= 15 is 0 Å². The lowest BCUT2D eigenvalue weighted by atomic mass is 9.96. The maximum Gasteiger partial charge on any atom is 0.306 e. The van der Waals surface area contributed by atoms with Gasteiger partial charge >= 0.3 is 5.97 Å². The van der Waals surface area contributed by atoms with E-state index in [9.17, 15) is 18.0 Å². The van der Waals surface area contributed by atoms with Crippen LogP contribution in [0.3, 0.4) is 0 Å². The Morgan fingerprint density at radius 3 is 2.11 bits per heavy atom. The van der Waals surface area contributed by atoms with Crippen molar-refractivity contribution in [1.29, 1.82) is 0 Å². The summed E-state index contributed by atoms with van der Waals surface area (Å²) in [6.07, 6.45) is 0.870. The zero-order valence-electron chi connectivity index (χ0n) is 14.7. The molecule has 0 saturated carbocycles. The normalized spacial score (nSPS) is 15.5. The molecule has 0 bridgehead atoms. The second kappa shape index (κ2) is 7.92. The molecule has 1 aliphatic rings. The first-order chi connectivity index (χ1) is 12.9. The molecule has 7 heteroatoms.